The molecular weight excluding hydrogens is 582 g/mol. The van der Waals surface area contributed by atoms with Crippen molar-refractivity contribution in [3.63, 3.8) is 0 Å². The van der Waals surface area contributed by atoms with Crippen molar-refractivity contribution in [1.82, 2.24) is 4.90 Å². The number of nitrogens with zero attached hydrogens (tertiary/aromatic N) is 1. The molecule has 1 aromatic rings. The maximum atomic E-state index is 14.1. The second-order valence-electron chi connectivity index (χ2n) is 11.4. The first-order valence-electron chi connectivity index (χ1n) is 14.1. The van der Waals surface area contributed by atoms with Gasteiger partial charge in [-0.2, -0.15) is 0 Å². The highest BCUT2D eigenvalue weighted by molar-refractivity contribution is 6.32. The number of nitrogens with two attached hydrogens (primary N) is 1. The minimum Gasteiger partial charge on any atom is -0.505 e. The number of likely N-dealkylation sites (N-methyl/N-ethyl adjacent to an activating group) is 1. The Kier molecular flexibility index (Phi) is 8.70. The molecule has 0 saturated heterocycles. The Labute approximate surface area is 251 Å². The van der Waals surface area contributed by atoms with Gasteiger partial charge in [0, 0.05) is 5.92 Å². The fraction of sp³-hybridized carbons (Fsp3) is 0.552. The topological polar surface area (TPSA) is 240 Å². The lowest BCUT2D eigenvalue weighted by atomic mass is 9.49. The SMILES string of the molecule is CCOC(=O)C(Nc1ccc2c(c1O)C(=O)C1C(=O)C3(O)C(=O)C(C(N)=O)C(=O)C(N(C)C)C3C(O)C1C2C)C(=O)OCC. The molecule has 1 aromatic carbocycles. The van der Waals surface area contributed by atoms with Crippen LogP contribution in [-0.4, -0.2) is 112 Å². The van der Waals surface area contributed by atoms with E-state index in [1.54, 1.807) is 6.92 Å². The fourth-order valence-corrected chi connectivity index (χ4v) is 6.93. The summed E-state index contributed by atoms with van der Waals surface area (Å²) >= 11 is 0. The van der Waals surface area contributed by atoms with E-state index in [1.807, 2.05) is 0 Å². The molecule has 2 saturated carbocycles. The van der Waals surface area contributed by atoms with Crippen LogP contribution in [0, 0.1) is 23.7 Å². The summed E-state index contributed by atoms with van der Waals surface area (Å²) in [7, 11) is 2.80. The molecule has 8 atom stereocenters. The van der Waals surface area contributed by atoms with Gasteiger partial charge in [0.05, 0.1) is 48.4 Å². The number of aliphatic hydroxyl groups is 2. The van der Waals surface area contributed by atoms with Crippen LogP contribution in [-0.2, 0) is 38.2 Å². The summed E-state index contributed by atoms with van der Waals surface area (Å²) in [4.78, 5) is 93.2. The Morgan fingerprint density at radius 2 is 1.61 bits per heavy atom. The molecule has 0 bridgehead atoms. The highest BCUT2D eigenvalue weighted by Crippen LogP contribution is 2.55. The number of phenolic OH excluding ortho intramolecular Hbond substituents is 1. The first-order valence-corrected chi connectivity index (χ1v) is 14.1. The Morgan fingerprint density at radius 3 is 2.11 bits per heavy atom. The highest BCUT2D eigenvalue weighted by Gasteiger charge is 2.72. The number of amides is 1. The minimum absolute atomic E-state index is 0.0738. The van der Waals surface area contributed by atoms with E-state index in [0.717, 1.165) is 0 Å². The van der Waals surface area contributed by atoms with Gasteiger partial charge in [-0.3, -0.25) is 28.9 Å². The van der Waals surface area contributed by atoms with Gasteiger partial charge in [0.25, 0.3) is 0 Å². The maximum absolute atomic E-state index is 14.1. The zero-order valence-corrected chi connectivity index (χ0v) is 24.7. The van der Waals surface area contributed by atoms with Crippen molar-refractivity contribution in [1.29, 1.82) is 0 Å². The van der Waals surface area contributed by atoms with Gasteiger partial charge in [0.15, 0.2) is 34.7 Å². The molecular formula is C29H35N3O12. The Morgan fingerprint density at radius 1 is 1.05 bits per heavy atom. The predicted octanol–water partition coefficient (Wildman–Crippen LogP) is -1.69. The third kappa shape index (κ3) is 4.66. The second-order valence-corrected chi connectivity index (χ2v) is 11.4. The van der Waals surface area contributed by atoms with Crippen molar-refractivity contribution in [2.45, 2.75) is 50.5 Å². The van der Waals surface area contributed by atoms with E-state index >= 15 is 0 Å². The van der Waals surface area contributed by atoms with Crippen molar-refractivity contribution >= 4 is 46.7 Å². The van der Waals surface area contributed by atoms with E-state index in [4.69, 9.17) is 15.2 Å². The smallest absolute Gasteiger partial charge is 0.340 e. The largest absolute Gasteiger partial charge is 0.505 e. The van der Waals surface area contributed by atoms with Gasteiger partial charge >= 0.3 is 11.9 Å². The van der Waals surface area contributed by atoms with Gasteiger partial charge in [-0.25, -0.2) is 9.59 Å². The van der Waals surface area contributed by atoms with Gasteiger partial charge in [0.2, 0.25) is 11.9 Å². The minimum atomic E-state index is -3.14. The van der Waals surface area contributed by atoms with Crippen LogP contribution in [0.1, 0.15) is 42.6 Å². The second kappa shape index (κ2) is 11.7. The van der Waals surface area contributed by atoms with Gasteiger partial charge in [-0.15, -0.1) is 0 Å². The van der Waals surface area contributed by atoms with E-state index in [9.17, 15) is 48.9 Å². The molecule has 2 fully saturated rings. The molecule has 8 unspecified atom stereocenters. The molecule has 238 valence electrons. The standard InChI is InChI=1S/C29H35N3O12/c1-6-43-27(40)18(28(41)44-7-2)31-12-9-8-11-10(3)13-15(21(34)14(11)20(12)33)24(37)29(42)17(22(13)35)19(32(4)5)23(36)16(25(29)38)26(30)39/h8-10,13,15-19,22,31,33,35,42H,6-7H2,1-5H3,(H2,30,39). The monoisotopic (exact) mass is 617 g/mol. The molecule has 0 spiro atoms. The highest BCUT2D eigenvalue weighted by atomic mass is 16.6. The molecule has 3 aliphatic carbocycles. The average molecular weight is 618 g/mol. The number of rotatable bonds is 8. The number of benzene rings is 1. The van der Waals surface area contributed by atoms with Gasteiger partial charge in [-0.1, -0.05) is 13.0 Å². The number of hydrogen-bond donors (Lipinski definition) is 5. The molecule has 15 nitrogen and oxygen atoms in total. The van der Waals surface area contributed by atoms with Crippen LogP contribution in [0.15, 0.2) is 12.1 Å². The Bertz CT molecular complexity index is 1440. The zero-order valence-electron chi connectivity index (χ0n) is 24.7. The zero-order chi connectivity index (χ0) is 33.0. The number of carbonyl (C=O) groups excluding carboxylic acids is 7. The molecule has 0 aliphatic heterocycles. The summed E-state index contributed by atoms with van der Waals surface area (Å²) < 4.78 is 9.84. The number of Topliss-reactive ketones (excluding diaryl/α,β-unsaturated/α-hetero) is 4. The van der Waals surface area contributed by atoms with Crippen LogP contribution in [0.4, 0.5) is 5.69 Å². The molecule has 44 heavy (non-hydrogen) atoms. The Balaban J connectivity index is 1.84. The van der Waals surface area contributed by atoms with Crippen LogP contribution < -0.4 is 11.1 Å². The number of ether oxygens (including phenoxy) is 2. The number of phenols is 1. The van der Waals surface area contributed by atoms with Crippen molar-refractivity contribution in [3.05, 3.63) is 23.3 Å². The lowest BCUT2D eigenvalue weighted by molar-refractivity contribution is -0.196. The summed E-state index contributed by atoms with van der Waals surface area (Å²) in [6.07, 6.45) is -1.78. The van der Waals surface area contributed by atoms with E-state index in [0.29, 0.717) is 0 Å². The van der Waals surface area contributed by atoms with Crippen molar-refractivity contribution in [2.75, 3.05) is 32.6 Å². The van der Waals surface area contributed by atoms with Gasteiger partial charge in [0.1, 0.15) is 5.75 Å². The first kappa shape index (κ1) is 32.7. The molecule has 15 heteroatoms. The predicted molar refractivity (Wildman–Crippen MR) is 148 cm³/mol. The number of nitrogens with one attached hydrogen (secondary N) is 1. The Hall–Kier alpha value is -4.21. The van der Waals surface area contributed by atoms with Crippen LogP contribution in [0.3, 0.4) is 0 Å². The fourth-order valence-electron chi connectivity index (χ4n) is 6.93. The maximum Gasteiger partial charge on any atom is 0.340 e. The molecule has 0 heterocycles. The van der Waals surface area contributed by atoms with Crippen LogP contribution in [0.5, 0.6) is 5.75 Å². The lowest BCUT2D eigenvalue weighted by Gasteiger charge is -2.56. The van der Waals surface area contributed by atoms with Gasteiger partial charge < -0.3 is 35.8 Å². The molecule has 1 amide bonds. The summed E-state index contributed by atoms with van der Waals surface area (Å²) in [6, 6.07) is -0.536. The number of aliphatic hydroxyl groups excluding tert-OH is 1. The number of anilines is 1. The normalized spacial score (nSPS) is 31.2. The number of hydrogen-bond acceptors (Lipinski definition) is 14. The molecule has 0 aromatic heterocycles. The van der Waals surface area contributed by atoms with Crippen molar-refractivity contribution in [2.24, 2.45) is 29.4 Å². The average Bonchev–Trinajstić information content (AvgIpc) is 2.94. The summed E-state index contributed by atoms with van der Waals surface area (Å²) in [5.41, 5.74) is 1.68. The number of carbonyl (C=O) groups is 7. The molecule has 0 radical (unpaired) electrons. The van der Waals surface area contributed by atoms with E-state index in [-0.39, 0.29) is 24.5 Å². The number of aromatic hydroxyl groups is 1. The number of esters is 2. The number of primary amides is 1. The quantitative estimate of drug-likeness (QED) is 0.124. The van der Waals surface area contributed by atoms with Crippen LogP contribution >= 0.6 is 0 Å². The molecule has 6 N–H and O–H groups in total. The summed E-state index contributed by atoms with van der Waals surface area (Å²) in [6.45, 7) is 4.44. The van der Waals surface area contributed by atoms with Gasteiger partial charge in [-0.05, 0) is 45.5 Å². The molecule has 4 rings (SSSR count). The summed E-state index contributed by atoms with van der Waals surface area (Å²) in [5.74, 6) is -17.0. The molecule has 3 aliphatic rings. The third-order valence-corrected chi connectivity index (χ3v) is 8.83. The van der Waals surface area contributed by atoms with E-state index in [1.165, 1.54) is 45.0 Å². The van der Waals surface area contributed by atoms with Crippen LogP contribution in [0.25, 0.3) is 0 Å². The summed E-state index contributed by atoms with van der Waals surface area (Å²) in [5, 5.41) is 37.1. The number of fused-ring (bicyclic) bond motifs is 3. The van der Waals surface area contributed by atoms with Crippen molar-refractivity contribution in [3.8, 4) is 5.75 Å². The van der Waals surface area contributed by atoms with Crippen molar-refractivity contribution < 1.29 is 58.4 Å². The van der Waals surface area contributed by atoms with E-state index < -0.39 is 106 Å². The van der Waals surface area contributed by atoms with E-state index in [2.05, 4.69) is 5.32 Å². The van der Waals surface area contributed by atoms with Crippen LogP contribution in [0.2, 0.25) is 0 Å². The lowest BCUT2D eigenvalue weighted by Crippen LogP contribution is -2.77. The first-order chi connectivity index (χ1) is 20.6. The third-order valence-electron chi connectivity index (χ3n) is 8.83. The number of ketones is 4.